The van der Waals surface area contributed by atoms with Crippen LogP contribution in [0.25, 0.3) is 0 Å². The molecule has 0 saturated carbocycles. The van der Waals surface area contributed by atoms with E-state index in [1.54, 1.807) is 0 Å². The molecule has 102 valence electrons. The van der Waals surface area contributed by atoms with Gasteiger partial charge < -0.3 is 4.90 Å². The largest absolute Gasteiger partial charge is 0.303 e. The van der Waals surface area contributed by atoms with E-state index in [-0.39, 0.29) is 18.7 Å². The van der Waals surface area contributed by atoms with Gasteiger partial charge in [-0.25, -0.2) is 12.7 Å². The second-order valence-corrected chi connectivity index (χ2v) is 6.67. The van der Waals surface area contributed by atoms with E-state index >= 15 is 0 Å². The number of rotatable bonds is 8. The van der Waals surface area contributed by atoms with E-state index in [0.717, 1.165) is 0 Å². The summed E-state index contributed by atoms with van der Waals surface area (Å²) >= 11 is 0. The third-order valence-corrected chi connectivity index (χ3v) is 4.07. The number of hydrogen-bond acceptors (Lipinski definition) is 4. The van der Waals surface area contributed by atoms with Crippen LogP contribution in [-0.2, 0) is 14.8 Å². The smallest absolute Gasteiger partial charge is 0.211 e. The summed E-state index contributed by atoms with van der Waals surface area (Å²) in [6.45, 7) is 6.96. The van der Waals surface area contributed by atoms with Crippen LogP contribution in [0.4, 0.5) is 0 Å². The van der Waals surface area contributed by atoms with Crippen molar-refractivity contribution < 1.29 is 13.2 Å². The molecule has 6 heteroatoms. The van der Waals surface area contributed by atoms with Crippen LogP contribution < -0.4 is 0 Å². The van der Waals surface area contributed by atoms with Crippen LogP contribution >= 0.6 is 0 Å². The second kappa shape index (κ2) is 7.08. The summed E-state index contributed by atoms with van der Waals surface area (Å²) in [5.41, 5.74) is 0. The predicted molar refractivity (Wildman–Crippen MR) is 69.5 cm³/mol. The summed E-state index contributed by atoms with van der Waals surface area (Å²) in [6, 6.07) is 0.379. The highest BCUT2D eigenvalue weighted by atomic mass is 32.2. The summed E-state index contributed by atoms with van der Waals surface area (Å²) in [5.74, 6) is 0.0101. The average Bonchev–Trinajstić information content (AvgIpc) is 2.14. The Bertz CT molecular complexity index is 339. The van der Waals surface area contributed by atoms with Gasteiger partial charge in [-0.1, -0.05) is 0 Å². The van der Waals surface area contributed by atoms with E-state index in [9.17, 15) is 13.2 Å². The van der Waals surface area contributed by atoms with Crippen LogP contribution in [-0.4, -0.2) is 62.4 Å². The Hall–Kier alpha value is -0.460. The number of sulfonamides is 1. The molecule has 0 aromatic rings. The highest BCUT2D eigenvalue weighted by molar-refractivity contribution is 7.88. The Labute approximate surface area is 105 Å². The number of carbonyl (C=O) groups excluding carboxylic acids is 1. The fraction of sp³-hybridized carbons (Fsp3) is 0.909. The van der Waals surface area contributed by atoms with Crippen LogP contribution in [0, 0.1) is 0 Å². The van der Waals surface area contributed by atoms with Gasteiger partial charge in [-0.15, -0.1) is 0 Å². The summed E-state index contributed by atoms with van der Waals surface area (Å²) in [6.07, 6.45) is 1.46. The maximum atomic E-state index is 11.5. The number of ketones is 1. The van der Waals surface area contributed by atoms with Crippen molar-refractivity contribution in [3.8, 4) is 0 Å². The van der Waals surface area contributed by atoms with E-state index in [0.29, 0.717) is 19.1 Å². The van der Waals surface area contributed by atoms with Gasteiger partial charge in [-0.2, -0.15) is 0 Å². The lowest BCUT2D eigenvalue weighted by molar-refractivity contribution is -0.117. The standard InChI is InChI=1S/C11H24N2O3S/c1-10(2)12(4)8-9-13(17(5,15)16)7-6-11(3)14/h10H,6-9H2,1-5H3. The number of nitrogens with zero attached hydrogens (tertiary/aromatic N) is 2. The molecule has 0 heterocycles. The van der Waals surface area contributed by atoms with Crippen LogP contribution in [0.15, 0.2) is 0 Å². The number of Topliss-reactive ketones (excluding diaryl/α,β-unsaturated/α-hetero) is 1. The Morgan fingerprint density at radius 2 is 1.71 bits per heavy atom. The zero-order valence-corrected chi connectivity index (χ0v) is 12.2. The molecule has 0 spiro atoms. The van der Waals surface area contributed by atoms with Crippen molar-refractivity contribution in [3.63, 3.8) is 0 Å². The van der Waals surface area contributed by atoms with Gasteiger partial charge in [-0.3, -0.25) is 4.79 Å². The molecule has 0 bridgehead atoms. The molecule has 0 N–H and O–H groups in total. The minimum atomic E-state index is -3.23. The monoisotopic (exact) mass is 264 g/mol. The molecule has 0 radical (unpaired) electrons. The summed E-state index contributed by atoms with van der Waals surface area (Å²) in [7, 11) is -1.27. The molecule has 0 amide bonds. The van der Waals surface area contributed by atoms with Crippen LogP contribution in [0.1, 0.15) is 27.2 Å². The van der Waals surface area contributed by atoms with E-state index < -0.39 is 10.0 Å². The topological polar surface area (TPSA) is 57.7 Å². The summed E-state index contributed by atoms with van der Waals surface area (Å²) < 4.78 is 24.4. The fourth-order valence-electron chi connectivity index (χ4n) is 1.25. The summed E-state index contributed by atoms with van der Waals surface area (Å²) in [4.78, 5) is 13.0. The van der Waals surface area contributed by atoms with Gasteiger partial charge in [0.05, 0.1) is 6.26 Å². The zero-order chi connectivity index (χ0) is 13.6. The van der Waals surface area contributed by atoms with Gasteiger partial charge in [0, 0.05) is 32.1 Å². The molecule has 0 saturated heterocycles. The zero-order valence-electron chi connectivity index (χ0n) is 11.4. The van der Waals surface area contributed by atoms with E-state index in [1.807, 2.05) is 7.05 Å². The molecular weight excluding hydrogens is 240 g/mol. The molecule has 0 aliphatic heterocycles. The molecule has 0 aliphatic rings. The Balaban J connectivity index is 4.36. The number of likely N-dealkylation sites (N-methyl/N-ethyl adjacent to an activating group) is 1. The third-order valence-electron chi connectivity index (χ3n) is 2.77. The Morgan fingerprint density at radius 3 is 2.06 bits per heavy atom. The van der Waals surface area contributed by atoms with Crippen molar-refractivity contribution in [1.29, 1.82) is 0 Å². The highest BCUT2D eigenvalue weighted by Crippen LogP contribution is 2.02. The first-order chi connectivity index (χ1) is 7.64. The SMILES string of the molecule is CC(=O)CCN(CCN(C)C(C)C)S(C)(=O)=O. The van der Waals surface area contributed by atoms with Gasteiger partial charge in [0.25, 0.3) is 0 Å². The van der Waals surface area contributed by atoms with Crippen molar-refractivity contribution >= 4 is 15.8 Å². The Kier molecular flexibility index (Phi) is 6.89. The molecule has 0 fully saturated rings. The van der Waals surface area contributed by atoms with Gasteiger partial charge in [-0.05, 0) is 27.8 Å². The predicted octanol–water partition coefficient (Wildman–Crippen LogP) is 0.567. The van der Waals surface area contributed by atoms with Crippen LogP contribution in [0.5, 0.6) is 0 Å². The van der Waals surface area contributed by atoms with E-state index in [1.165, 1.54) is 17.5 Å². The van der Waals surface area contributed by atoms with Crippen molar-refractivity contribution in [1.82, 2.24) is 9.21 Å². The van der Waals surface area contributed by atoms with Gasteiger partial charge in [0.15, 0.2) is 0 Å². The maximum absolute atomic E-state index is 11.5. The fourth-order valence-corrected chi connectivity index (χ4v) is 2.09. The highest BCUT2D eigenvalue weighted by Gasteiger charge is 2.17. The number of hydrogen-bond donors (Lipinski definition) is 0. The lowest BCUT2D eigenvalue weighted by atomic mass is 10.3. The molecule has 5 nitrogen and oxygen atoms in total. The van der Waals surface area contributed by atoms with Crippen LogP contribution in [0.3, 0.4) is 0 Å². The molecule has 0 rings (SSSR count). The quantitative estimate of drug-likeness (QED) is 0.643. The van der Waals surface area contributed by atoms with E-state index in [4.69, 9.17) is 0 Å². The molecule has 0 aromatic heterocycles. The van der Waals surface area contributed by atoms with E-state index in [2.05, 4.69) is 18.7 Å². The second-order valence-electron chi connectivity index (χ2n) is 4.69. The molecule has 0 aliphatic carbocycles. The lowest BCUT2D eigenvalue weighted by Gasteiger charge is -2.25. The van der Waals surface area contributed by atoms with Crippen molar-refractivity contribution in [3.05, 3.63) is 0 Å². The normalized spacial score (nSPS) is 12.7. The lowest BCUT2D eigenvalue weighted by Crippen LogP contribution is -2.39. The first-order valence-corrected chi connectivity index (χ1v) is 7.64. The molecule has 17 heavy (non-hydrogen) atoms. The Morgan fingerprint density at radius 1 is 1.18 bits per heavy atom. The average molecular weight is 264 g/mol. The van der Waals surface area contributed by atoms with Gasteiger partial charge >= 0.3 is 0 Å². The molecule has 0 unspecified atom stereocenters. The number of carbonyl (C=O) groups is 1. The maximum Gasteiger partial charge on any atom is 0.211 e. The van der Waals surface area contributed by atoms with Gasteiger partial charge in [0.2, 0.25) is 10.0 Å². The minimum Gasteiger partial charge on any atom is -0.303 e. The molecular formula is C11H24N2O3S. The minimum absolute atomic E-state index is 0.0101. The first-order valence-electron chi connectivity index (χ1n) is 5.79. The molecule has 0 aromatic carbocycles. The van der Waals surface area contributed by atoms with Crippen molar-refractivity contribution in [2.75, 3.05) is 32.9 Å². The summed E-state index contributed by atoms with van der Waals surface area (Å²) in [5, 5.41) is 0. The first kappa shape index (κ1) is 16.5. The van der Waals surface area contributed by atoms with Crippen molar-refractivity contribution in [2.45, 2.75) is 33.2 Å². The molecule has 0 atom stereocenters. The van der Waals surface area contributed by atoms with Crippen molar-refractivity contribution in [2.24, 2.45) is 0 Å². The third kappa shape index (κ3) is 7.46. The van der Waals surface area contributed by atoms with Crippen LogP contribution in [0.2, 0.25) is 0 Å². The van der Waals surface area contributed by atoms with Gasteiger partial charge in [0.1, 0.15) is 5.78 Å².